The van der Waals surface area contributed by atoms with Crippen LogP contribution in [0.2, 0.25) is 5.02 Å². The summed E-state index contributed by atoms with van der Waals surface area (Å²) in [6.07, 6.45) is 1.60. The third-order valence-electron chi connectivity index (χ3n) is 3.70. The van der Waals surface area contributed by atoms with E-state index in [1.165, 1.54) is 24.3 Å². The first-order chi connectivity index (χ1) is 13.0. The van der Waals surface area contributed by atoms with Crippen molar-refractivity contribution >= 4 is 40.0 Å². The van der Waals surface area contributed by atoms with Crippen LogP contribution in [-0.2, 0) is 0 Å². The Labute approximate surface area is 162 Å². The van der Waals surface area contributed by atoms with E-state index in [1.54, 1.807) is 18.2 Å². The minimum Gasteiger partial charge on any atom is -0.454 e. The molecule has 0 unspecified atom stereocenters. The predicted octanol–water partition coefficient (Wildman–Crippen LogP) is 4.76. The molecule has 0 bridgehead atoms. The number of non-ortho nitro benzene ring substituents is 1. The first kappa shape index (κ1) is 17.3. The lowest BCUT2D eigenvalue weighted by atomic mass is 10.2. The van der Waals surface area contributed by atoms with Crippen LogP contribution in [0.25, 0.3) is 22.6 Å². The molecule has 4 rings (SSSR count). The number of benzene rings is 2. The molecule has 2 heterocycles. The first-order valence-corrected chi connectivity index (χ1v) is 8.32. The quantitative estimate of drug-likeness (QED) is 0.455. The molecule has 136 valence electrons. The molecule has 0 saturated heterocycles. The van der Waals surface area contributed by atoms with Gasteiger partial charge in [0.15, 0.2) is 11.5 Å². The summed E-state index contributed by atoms with van der Waals surface area (Å²) in [6, 6.07) is 9.14. The van der Waals surface area contributed by atoms with Crippen molar-refractivity contribution in [1.82, 2.24) is 10.2 Å². The van der Waals surface area contributed by atoms with Crippen molar-refractivity contribution < 1.29 is 18.8 Å². The fourth-order valence-electron chi connectivity index (χ4n) is 2.44. The number of aromatic nitrogens is 2. The Morgan fingerprint density at radius 2 is 1.96 bits per heavy atom. The number of nitro groups is 1. The van der Waals surface area contributed by atoms with Crippen LogP contribution in [0.5, 0.6) is 11.5 Å². The monoisotopic (exact) mass is 405 g/mol. The van der Waals surface area contributed by atoms with Crippen LogP contribution in [0, 0.1) is 10.1 Å². The summed E-state index contributed by atoms with van der Waals surface area (Å²) < 4.78 is 16.1. The number of nitrogens with zero attached hydrogens (tertiary/aromatic N) is 3. The molecule has 27 heavy (non-hydrogen) atoms. The third-order valence-corrected chi connectivity index (χ3v) is 4.25. The Morgan fingerprint density at radius 3 is 2.70 bits per heavy atom. The van der Waals surface area contributed by atoms with Crippen molar-refractivity contribution in [2.45, 2.75) is 0 Å². The maximum Gasteiger partial charge on any atom is 0.269 e. The van der Waals surface area contributed by atoms with Crippen molar-refractivity contribution in [1.29, 1.82) is 0 Å². The van der Waals surface area contributed by atoms with Crippen LogP contribution in [0.1, 0.15) is 11.5 Å². The van der Waals surface area contributed by atoms with Gasteiger partial charge in [-0.1, -0.05) is 23.2 Å². The highest BCUT2D eigenvalue weighted by Crippen LogP contribution is 2.40. The molecule has 1 aliphatic rings. The summed E-state index contributed by atoms with van der Waals surface area (Å²) in [4.78, 5) is 10.2. The van der Waals surface area contributed by atoms with Gasteiger partial charge in [0.05, 0.1) is 9.95 Å². The van der Waals surface area contributed by atoms with Crippen molar-refractivity contribution in [2.24, 2.45) is 0 Å². The number of halogens is 2. The Morgan fingerprint density at radius 1 is 1.19 bits per heavy atom. The van der Waals surface area contributed by atoms with E-state index in [0.29, 0.717) is 27.6 Å². The second-order valence-electron chi connectivity index (χ2n) is 5.45. The number of fused-ring (bicyclic) bond motifs is 1. The number of hydrogen-bond donors (Lipinski definition) is 0. The van der Waals surface area contributed by atoms with Crippen LogP contribution < -0.4 is 9.47 Å². The van der Waals surface area contributed by atoms with Crippen LogP contribution in [0.4, 0.5) is 5.69 Å². The zero-order chi connectivity index (χ0) is 19.0. The highest BCUT2D eigenvalue weighted by molar-refractivity contribution is 6.50. The summed E-state index contributed by atoms with van der Waals surface area (Å²) >= 11 is 12.4. The van der Waals surface area contributed by atoms with Gasteiger partial charge in [0.1, 0.15) is 5.03 Å². The average molecular weight is 406 g/mol. The maximum absolute atomic E-state index is 10.7. The molecule has 3 aromatic rings. The molecule has 0 spiro atoms. The lowest BCUT2D eigenvalue weighted by molar-refractivity contribution is -0.384. The van der Waals surface area contributed by atoms with E-state index in [-0.39, 0.29) is 29.3 Å². The van der Waals surface area contributed by atoms with Crippen molar-refractivity contribution in [2.75, 3.05) is 6.79 Å². The molecule has 0 amide bonds. The molecule has 0 saturated carbocycles. The van der Waals surface area contributed by atoms with Crippen LogP contribution in [0.3, 0.4) is 0 Å². The fourth-order valence-corrected chi connectivity index (χ4v) is 2.92. The van der Waals surface area contributed by atoms with E-state index in [2.05, 4.69) is 10.2 Å². The van der Waals surface area contributed by atoms with Gasteiger partial charge < -0.3 is 13.9 Å². The van der Waals surface area contributed by atoms with Crippen molar-refractivity contribution in [3.05, 3.63) is 63.0 Å². The molecular formula is C17H9Cl2N3O5. The van der Waals surface area contributed by atoms with E-state index in [4.69, 9.17) is 37.1 Å². The molecule has 0 atom stereocenters. The molecule has 2 aromatic carbocycles. The maximum atomic E-state index is 10.7. The van der Waals surface area contributed by atoms with Crippen LogP contribution in [-0.4, -0.2) is 21.9 Å². The molecular weight excluding hydrogens is 397 g/mol. The Bertz CT molecular complexity index is 1060. The number of hydrogen-bond acceptors (Lipinski definition) is 7. The number of ether oxygens (including phenoxy) is 2. The highest BCUT2D eigenvalue weighted by atomic mass is 35.5. The lowest BCUT2D eigenvalue weighted by Gasteiger charge is -2.01. The van der Waals surface area contributed by atoms with Crippen molar-refractivity contribution in [3.8, 4) is 23.0 Å². The van der Waals surface area contributed by atoms with Gasteiger partial charge in [0.2, 0.25) is 12.7 Å². The first-order valence-electron chi connectivity index (χ1n) is 7.56. The minimum absolute atomic E-state index is 0.0314. The van der Waals surface area contributed by atoms with Crippen LogP contribution in [0.15, 0.2) is 40.8 Å². The number of nitro benzene ring substituents is 1. The summed E-state index contributed by atoms with van der Waals surface area (Å²) in [5.74, 6) is 1.30. The van der Waals surface area contributed by atoms with E-state index in [1.807, 2.05) is 0 Å². The van der Waals surface area contributed by atoms with Gasteiger partial charge in [0, 0.05) is 17.7 Å². The van der Waals surface area contributed by atoms with Crippen molar-refractivity contribution in [3.63, 3.8) is 0 Å². The predicted molar refractivity (Wildman–Crippen MR) is 97.7 cm³/mol. The molecule has 0 N–H and O–H groups in total. The van der Waals surface area contributed by atoms with Gasteiger partial charge in [0.25, 0.3) is 11.6 Å². The van der Waals surface area contributed by atoms with Gasteiger partial charge in [-0.25, -0.2) is 0 Å². The summed E-state index contributed by atoms with van der Waals surface area (Å²) in [5, 5.41) is 19.1. The Kier molecular flexibility index (Phi) is 4.43. The van der Waals surface area contributed by atoms with Gasteiger partial charge in [-0.05, 0) is 35.9 Å². The molecule has 8 nitrogen and oxygen atoms in total. The number of rotatable bonds is 4. The Balaban J connectivity index is 1.60. The summed E-state index contributed by atoms with van der Waals surface area (Å²) in [6.45, 7) is 0.109. The second-order valence-corrected chi connectivity index (χ2v) is 6.26. The van der Waals surface area contributed by atoms with E-state index < -0.39 is 4.92 Å². The largest absolute Gasteiger partial charge is 0.454 e. The van der Waals surface area contributed by atoms with E-state index in [0.717, 1.165) is 0 Å². The van der Waals surface area contributed by atoms with E-state index >= 15 is 0 Å². The molecule has 10 heteroatoms. The highest BCUT2D eigenvalue weighted by Gasteiger charge is 2.19. The van der Waals surface area contributed by atoms with Gasteiger partial charge in [-0.2, -0.15) is 0 Å². The van der Waals surface area contributed by atoms with E-state index in [9.17, 15) is 10.1 Å². The lowest BCUT2D eigenvalue weighted by Crippen LogP contribution is -1.93. The van der Waals surface area contributed by atoms with Crippen LogP contribution >= 0.6 is 23.2 Å². The van der Waals surface area contributed by atoms with Gasteiger partial charge in [-0.15, -0.1) is 10.2 Å². The standard InChI is InChI=1S/C17H9Cl2N3O5/c18-12-5-9(7-14-15(12)26-8-25-14)6-13(19)17-21-20-16(27-17)10-1-3-11(4-2-10)22(23)24/h1-7H,8H2/b13-6-. The minimum atomic E-state index is -0.487. The Hall–Kier alpha value is -3.10. The fraction of sp³-hybridized carbons (Fsp3) is 0.0588. The molecule has 0 radical (unpaired) electrons. The molecule has 1 aromatic heterocycles. The third kappa shape index (κ3) is 3.44. The molecule has 0 fully saturated rings. The zero-order valence-corrected chi connectivity index (χ0v) is 14.9. The molecule has 0 aliphatic carbocycles. The smallest absolute Gasteiger partial charge is 0.269 e. The zero-order valence-electron chi connectivity index (χ0n) is 13.4. The second kappa shape index (κ2) is 6.90. The molecule has 1 aliphatic heterocycles. The SMILES string of the molecule is O=[N+]([O-])c1ccc(-c2nnc(/C(Cl)=C/c3cc(Cl)c4c(c3)OCO4)o2)cc1. The topological polar surface area (TPSA) is 101 Å². The normalized spacial score (nSPS) is 13.0. The van der Waals surface area contributed by atoms with Gasteiger partial charge in [-0.3, -0.25) is 10.1 Å². The average Bonchev–Trinajstić information content (AvgIpc) is 3.31. The summed E-state index contributed by atoms with van der Waals surface area (Å²) in [7, 11) is 0. The van der Waals surface area contributed by atoms with Gasteiger partial charge >= 0.3 is 0 Å². The summed E-state index contributed by atoms with van der Waals surface area (Å²) in [5.41, 5.74) is 1.18.